The summed E-state index contributed by atoms with van der Waals surface area (Å²) in [7, 11) is 0. The van der Waals surface area contributed by atoms with Gasteiger partial charge in [-0.1, -0.05) is 41.9 Å². The lowest BCUT2D eigenvalue weighted by Crippen LogP contribution is -2.53. The normalized spacial score (nSPS) is 17.1. The second-order valence-electron chi connectivity index (χ2n) is 6.77. The van der Waals surface area contributed by atoms with E-state index in [4.69, 9.17) is 11.6 Å². The van der Waals surface area contributed by atoms with Crippen LogP contribution in [0.2, 0.25) is 5.02 Å². The molecule has 2 atom stereocenters. The average molecular weight is 422 g/mol. The zero-order valence-electron chi connectivity index (χ0n) is 15.5. The third-order valence-corrected chi connectivity index (χ3v) is 4.91. The molecule has 2 amide bonds. The van der Waals surface area contributed by atoms with E-state index in [9.17, 15) is 9.59 Å². The van der Waals surface area contributed by atoms with Gasteiger partial charge in [0, 0.05) is 29.6 Å². The van der Waals surface area contributed by atoms with E-state index in [0.717, 1.165) is 31.5 Å². The van der Waals surface area contributed by atoms with E-state index < -0.39 is 6.04 Å². The molecule has 0 aromatic heterocycles. The van der Waals surface area contributed by atoms with Crippen molar-refractivity contribution in [3.8, 4) is 0 Å². The van der Waals surface area contributed by atoms with Crippen LogP contribution < -0.4 is 16.0 Å². The minimum Gasteiger partial charge on any atom is -0.350 e. The van der Waals surface area contributed by atoms with Crippen molar-refractivity contribution in [2.24, 2.45) is 0 Å². The molecule has 28 heavy (non-hydrogen) atoms. The first-order valence-electron chi connectivity index (χ1n) is 9.23. The molecule has 1 aliphatic rings. The summed E-state index contributed by atoms with van der Waals surface area (Å²) in [5, 5.41) is 9.79. The fraction of sp³-hybridized carbons (Fsp3) is 0.333. The predicted octanol–water partition coefficient (Wildman–Crippen LogP) is 2.97. The Hall–Kier alpha value is -2.08. The number of piperidine rings is 1. The summed E-state index contributed by atoms with van der Waals surface area (Å²) in [6.07, 6.45) is 2.42. The summed E-state index contributed by atoms with van der Waals surface area (Å²) in [6.45, 7) is 1.74. The number of hydrogen-bond donors (Lipinski definition) is 3. The average Bonchev–Trinajstić information content (AvgIpc) is 2.69. The highest BCUT2D eigenvalue weighted by Crippen LogP contribution is 2.11. The molecule has 1 unspecified atom stereocenters. The van der Waals surface area contributed by atoms with Gasteiger partial charge in [0.1, 0.15) is 6.04 Å². The third-order valence-electron chi connectivity index (χ3n) is 4.65. The van der Waals surface area contributed by atoms with E-state index >= 15 is 0 Å². The molecule has 1 fully saturated rings. The Morgan fingerprint density at radius 1 is 1.11 bits per heavy atom. The number of carbonyl (C=O) groups excluding carboxylic acids is 2. The van der Waals surface area contributed by atoms with E-state index in [1.165, 1.54) is 0 Å². The number of hydrogen-bond acceptors (Lipinski definition) is 3. The molecule has 0 aliphatic carbocycles. The van der Waals surface area contributed by atoms with Crippen LogP contribution in [0.5, 0.6) is 0 Å². The van der Waals surface area contributed by atoms with Crippen LogP contribution in [0, 0.1) is 0 Å². The van der Waals surface area contributed by atoms with Crippen LogP contribution in [-0.2, 0) is 11.2 Å². The minimum absolute atomic E-state index is 0. The molecule has 0 radical (unpaired) electrons. The summed E-state index contributed by atoms with van der Waals surface area (Å²) in [6, 6.07) is 15.8. The Morgan fingerprint density at radius 3 is 2.46 bits per heavy atom. The Kier molecular flexibility index (Phi) is 8.77. The first kappa shape index (κ1) is 22.2. The number of carbonyl (C=O) groups is 2. The molecule has 0 saturated carbocycles. The van der Waals surface area contributed by atoms with Gasteiger partial charge in [-0.15, -0.1) is 12.4 Å². The Labute approximate surface area is 176 Å². The van der Waals surface area contributed by atoms with Crippen LogP contribution in [0.1, 0.15) is 28.8 Å². The molecule has 2 aromatic carbocycles. The second-order valence-corrected chi connectivity index (χ2v) is 7.21. The maximum atomic E-state index is 12.9. The number of amides is 2. The highest BCUT2D eigenvalue weighted by molar-refractivity contribution is 6.30. The summed E-state index contributed by atoms with van der Waals surface area (Å²) in [4.78, 5) is 25.5. The molecule has 2 aromatic rings. The van der Waals surface area contributed by atoms with Gasteiger partial charge in [-0.2, -0.15) is 0 Å². The van der Waals surface area contributed by atoms with Crippen molar-refractivity contribution in [3.63, 3.8) is 0 Å². The Bertz CT molecular complexity index is 763. The first-order chi connectivity index (χ1) is 13.1. The van der Waals surface area contributed by atoms with Gasteiger partial charge in [0.05, 0.1) is 0 Å². The van der Waals surface area contributed by atoms with Crippen molar-refractivity contribution >= 4 is 35.8 Å². The molecule has 1 heterocycles. The van der Waals surface area contributed by atoms with Crippen molar-refractivity contribution in [3.05, 3.63) is 70.7 Å². The zero-order chi connectivity index (χ0) is 19.1. The number of nitrogens with one attached hydrogen (secondary N) is 3. The molecule has 0 spiro atoms. The highest BCUT2D eigenvalue weighted by Gasteiger charge is 2.25. The Balaban J connectivity index is 0.00000280. The van der Waals surface area contributed by atoms with Crippen molar-refractivity contribution in [2.75, 3.05) is 13.1 Å². The molecule has 5 nitrogen and oxygen atoms in total. The maximum Gasteiger partial charge on any atom is 0.251 e. The monoisotopic (exact) mass is 421 g/mol. The summed E-state index contributed by atoms with van der Waals surface area (Å²) >= 11 is 5.89. The summed E-state index contributed by atoms with van der Waals surface area (Å²) in [5.41, 5.74) is 1.47. The lowest BCUT2D eigenvalue weighted by atomic mass is 10.0. The highest BCUT2D eigenvalue weighted by atomic mass is 35.5. The molecule has 3 N–H and O–H groups in total. The van der Waals surface area contributed by atoms with Gasteiger partial charge in [0.25, 0.3) is 5.91 Å². The molecule has 7 heteroatoms. The lowest BCUT2D eigenvalue weighted by Gasteiger charge is -2.26. The van der Waals surface area contributed by atoms with Crippen LogP contribution in [-0.4, -0.2) is 37.0 Å². The first-order valence-corrected chi connectivity index (χ1v) is 9.61. The van der Waals surface area contributed by atoms with E-state index in [0.29, 0.717) is 17.0 Å². The predicted molar refractivity (Wildman–Crippen MR) is 114 cm³/mol. The van der Waals surface area contributed by atoms with E-state index in [1.54, 1.807) is 24.3 Å². The molecule has 150 valence electrons. The lowest BCUT2D eigenvalue weighted by molar-refractivity contribution is -0.123. The van der Waals surface area contributed by atoms with Gasteiger partial charge in [-0.3, -0.25) is 9.59 Å². The largest absolute Gasteiger partial charge is 0.350 e. The smallest absolute Gasteiger partial charge is 0.251 e. The summed E-state index contributed by atoms with van der Waals surface area (Å²) < 4.78 is 0. The minimum atomic E-state index is -0.641. The molecular weight excluding hydrogens is 397 g/mol. The fourth-order valence-electron chi connectivity index (χ4n) is 3.18. The van der Waals surface area contributed by atoms with Gasteiger partial charge in [-0.25, -0.2) is 0 Å². The number of halogens is 2. The topological polar surface area (TPSA) is 70.2 Å². The van der Waals surface area contributed by atoms with Crippen LogP contribution in [0.4, 0.5) is 0 Å². The van der Waals surface area contributed by atoms with Crippen LogP contribution in [0.15, 0.2) is 54.6 Å². The van der Waals surface area contributed by atoms with Crippen molar-refractivity contribution in [2.45, 2.75) is 31.3 Å². The molecule has 1 aliphatic heterocycles. The molecular formula is C21H25Cl2N3O2. The quantitative estimate of drug-likeness (QED) is 0.671. The SMILES string of the molecule is Cl.O=C(NC(Cc1ccccc1)C(=O)N[C@H]1CCCNC1)c1ccc(Cl)cc1. The van der Waals surface area contributed by atoms with Crippen LogP contribution in [0.25, 0.3) is 0 Å². The van der Waals surface area contributed by atoms with Crippen molar-refractivity contribution in [1.29, 1.82) is 0 Å². The van der Waals surface area contributed by atoms with Gasteiger partial charge in [0.15, 0.2) is 0 Å². The van der Waals surface area contributed by atoms with Gasteiger partial charge < -0.3 is 16.0 Å². The summed E-state index contributed by atoms with van der Waals surface area (Å²) in [5.74, 6) is -0.445. The van der Waals surface area contributed by atoms with Crippen LogP contribution in [0.3, 0.4) is 0 Å². The molecule has 1 saturated heterocycles. The Morgan fingerprint density at radius 2 is 1.82 bits per heavy atom. The standard InChI is InChI=1S/C21H24ClN3O2.ClH/c22-17-10-8-16(9-11-17)20(26)25-19(13-15-5-2-1-3-6-15)21(27)24-18-7-4-12-23-14-18;/h1-3,5-6,8-11,18-19,23H,4,7,12-14H2,(H,24,27)(H,25,26);1H/t18-,19?;/m0./s1. The van der Waals surface area contributed by atoms with E-state index in [1.807, 2.05) is 30.3 Å². The zero-order valence-corrected chi connectivity index (χ0v) is 17.1. The number of benzene rings is 2. The van der Waals surface area contributed by atoms with Gasteiger partial charge in [0.2, 0.25) is 5.91 Å². The molecule has 3 rings (SSSR count). The third kappa shape index (κ3) is 6.51. The van der Waals surface area contributed by atoms with Crippen LogP contribution >= 0.6 is 24.0 Å². The van der Waals surface area contributed by atoms with Gasteiger partial charge in [-0.05, 0) is 49.2 Å². The molecule has 0 bridgehead atoms. The van der Waals surface area contributed by atoms with E-state index in [-0.39, 0.29) is 30.3 Å². The van der Waals surface area contributed by atoms with Crippen molar-refractivity contribution < 1.29 is 9.59 Å². The van der Waals surface area contributed by atoms with Gasteiger partial charge >= 0.3 is 0 Å². The van der Waals surface area contributed by atoms with E-state index in [2.05, 4.69) is 16.0 Å². The number of rotatable bonds is 6. The maximum absolute atomic E-state index is 12.9. The second kappa shape index (κ2) is 11.1. The van der Waals surface area contributed by atoms with Crippen molar-refractivity contribution in [1.82, 2.24) is 16.0 Å². The fourth-order valence-corrected chi connectivity index (χ4v) is 3.30.